The molecule has 2 heterocycles. The lowest BCUT2D eigenvalue weighted by Gasteiger charge is -2.12. The smallest absolute Gasteiger partial charge is 0.332 e. The van der Waals surface area contributed by atoms with Crippen LogP contribution in [0.3, 0.4) is 0 Å². The second-order valence-electron chi connectivity index (χ2n) is 5.73. The van der Waals surface area contributed by atoms with Gasteiger partial charge in [0.05, 0.1) is 18.7 Å². The number of carbonyl (C=O) groups excluding carboxylic acids is 1. The number of thioether (sulfide) groups is 1. The highest BCUT2D eigenvalue weighted by molar-refractivity contribution is 7.98. The second kappa shape index (κ2) is 8.55. The second-order valence-corrected chi connectivity index (χ2v) is 7.53. The molecule has 1 amide bonds. The minimum Gasteiger partial charge on any atom is -0.383 e. The lowest BCUT2D eigenvalue weighted by molar-refractivity contribution is -0.116. The molecule has 9 heteroatoms. The average molecular weight is 406 g/mol. The van der Waals surface area contributed by atoms with Crippen molar-refractivity contribution in [3.63, 3.8) is 0 Å². The van der Waals surface area contributed by atoms with Crippen LogP contribution < -0.4 is 16.6 Å². The average Bonchev–Trinajstić information content (AvgIpc) is 3.15. The molecule has 0 aliphatic heterocycles. The summed E-state index contributed by atoms with van der Waals surface area (Å²) in [5, 5.41) is 4.54. The Hall–Kier alpha value is -2.36. The predicted octanol–water partition coefficient (Wildman–Crippen LogP) is 2.23. The number of hydrogen-bond donors (Lipinski definition) is 1. The maximum Gasteiger partial charge on any atom is 0.332 e. The van der Waals surface area contributed by atoms with E-state index in [1.807, 2.05) is 24.5 Å². The molecule has 0 aliphatic rings. The van der Waals surface area contributed by atoms with Crippen LogP contribution in [0.2, 0.25) is 0 Å². The van der Waals surface area contributed by atoms with Crippen LogP contribution in [0.5, 0.6) is 0 Å². The van der Waals surface area contributed by atoms with Crippen LogP contribution in [0.1, 0.15) is 0 Å². The summed E-state index contributed by atoms with van der Waals surface area (Å²) in [5.41, 5.74) is 0.258. The largest absolute Gasteiger partial charge is 0.383 e. The van der Waals surface area contributed by atoms with E-state index < -0.39 is 5.69 Å². The first kappa shape index (κ1) is 19.4. The van der Waals surface area contributed by atoms with Crippen molar-refractivity contribution in [3.05, 3.63) is 56.5 Å². The third-order valence-corrected chi connectivity index (χ3v) is 5.63. The number of nitrogens with one attached hydrogen (secondary N) is 1. The van der Waals surface area contributed by atoms with E-state index in [2.05, 4.69) is 5.32 Å². The topological polar surface area (TPSA) is 82.3 Å². The third-order valence-electron chi connectivity index (χ3n) is 4.01. The summed E-state index contributed by atoms with van der Waals surface area (Å²) in [6.45, 7) is 0.196. The van der Waals surface area contributed by atoms with Gasteiger partial charge in [0.1, 0.15) is 11.2 Å². The van der Waals surface area contributed by atoms with Crippen LogP contribution in [-0.2, 0) is 22.6 Å². The van der Waals surface area contributed by atoms with Gasteiger partial charge >= 0.3 is 5.69 Å². The van der Waals surface area contributed by atoms with Gasteiger partial charge in [0, 0.05) is 17.7 Å². The van der Waals surface area contributed by atoms with Crippen molar-refractivity contribution < 1.29 is 9.53 Å². The fourth-order valence-electron chi connectivity index (χ4n) is 2.71. The molecule has 0 fully saturated rings. The lowest BCUT2D eigenvalue weighted by Crippen LogP contribution is -2.42. The Balaban J connectivity index is 1.93. The number of benzene rings is 1. The van der Waals surface area contributed by atoms with E-state index in [1.165, 1.54) is 23.0 Å². The SMILES string of the molecule is COCCn1c(=O)c2sccc2n(CC(=O)Nc2cccc(SC)c2)c1=O. The maximum absolute atomic E-state index is 12.8. The molecule has 0 aliphatic carbocycles. The predicted molar refractivity (Wildman–Crippen MR) is 109 cm³/mol. The quantitative estimate of drug-likeness (QED) is 0.610. The summed E-state index contributed by atoms with van der Waals surface area (Å²) in [4.78, 5) is 38.9. The first-order valence-corrected chi connectivity index (χ1v) is 10.3. The standard InChI is InChI=1S/C18H19N3O4S2/c1-25-8-7-20-17(23)16-14(6-9-27-16)21(18(20)24)11-15(22)19-12-4-3-5-13(10-12)26-2/h3-6,9-10H,7-8,11H2,1-2H3,(H,19,22). The van der Waals surface area contributed by atoms with Crippen molar-refractivity contribution >= 4 is 44.9 Å². The molecule has 0 radical (unpaired) electrons. The van der Waals surface area contributed by atoms with Crippen LogP contribution in [-0.4, -0.2) is 35.0 Å². The van der Waals surface area contributed by atoms with Gasteiger partial charge in [-0.25, -0.2) is 4.79 Å². The van der Waals surface area contributed by atoms with E-state index in [9.17, 15) is 14.4 Å². The molecule has 0 bridgehead atoms. The molecular weight excluding hydrogens is 386 g/mol. The normalized spacial score (nSPS) is 11.0. The molecular formula is C18H19N3O4S2. The summed E-state index contributed by atoms with van der Waals surface area (Å²) in [5.74, 6) is -0.334. The Morgan fingerprint density at radius 1 is 1.26 bits per heavy atom. The van der Waals surface area contributed by atoms with Crippen LogP contribution in [0.15, 0.2) is 50.2 Å². The first-order valence-electron chi connectivity index (χ1n) is 8.19. The van der Waals surface area contributed by atoms with Crippen molar-refractivity contribution in [1.29, 1.82) is 0 Å². The third kappa shape index (κ3) is 4.15. The zero-order valence-electron chi connectivity index (χ0n) is 14.9. The molecule has 2 aromatic heterocycles. The van der Waals surface area contributed by atoms with Gasteiger partial charge in [-0.3, -0.25) is 18.7 Å². The van der Waals surface area contributed by atoms with E-state index in [0.717, 1.165) is 9.46 Å². The van der Waals surface area contributed by atoms with Gasteiger partial charge in [-0.1, -0.05) is 6.07 Å². The molecule has 142 valence electrons. The molecule has 7 nitrogen and oxygen atoms in total. The summed E-state index contributed by atoms with van der Waals surface area (Å²) in [6, 6.07) is 9.15. The highest BCUT2D eigenvalue weighted by Crippen LogP contribution is 2.19. The highest BCUT2D eigenvalue weighted by Gasteiger charge is 2.16. The van der Waals surface area contributed by atoms with Crippen molar-refractivity contribution in [2.45, 2.75) is 18.0 Å². The fraction of sp³-hybridized carbons (Fsp3) is 0.278. The summed E-state index contributed by atoms with van der Waals surface area (Å²) < 4.78 is 7.88. The first-order chi connectivity index (χ1) is 13.0. The molecule has 0 atom stereocenters. The molecule has 3 rings (SSSR count). The van der Waals surface area contributed by atoms with Gasteiger partial charge in [0.25, 0.3) is 5.56 Å². The van der Waals surface area contributed by atoms with E-state index >= 15 is 0 Å². The van der Waals surface area contributed by atoms with Crippen molar-refractivity contribution in [1.82, 2.24) is 9.13 Å². The monoisotopic (exact) mass is 405 g/mol. The fourth-order valence-corrected chi connectivity index (χ4v) is 4.01. The Kier molecular flexibility index (Phi) is 6.15. The molecule has 0 saturated carbocycles. The van der Waals surface area contributed by atoms with E-state index in [4.69, 9.17) is 4.74 Å². The maximum atomic E-state index is 12.8. The summed E-state index contributed by atoms with van der Waals surface area (Å²) in [6.07, 6.45) is 1.96. The van der Waals surface area contributed by atoms with Crippen LogP contribution in [0, 0.1) is 0 Å². The Morgan fingerprint density at radius 3 is 2.81 bits per heavy atom. The van der Waals surface area contributed by atoms with Crippen molar-refractivity contribution in [2.24, 2.45) is 0 Å². The number of aromatic nitrogens is 2. The van der Waals surface area contributed by atoms with Crippen molar-refractivity contribution in [2.75, 3.05) is 25.3 Å². The van der Waals surface area contributed by atoms with Crippen molar-refractivity contribution in [3.8, 4) is 0 Å². The number of hydrogen-bond acceptors (Lipinski definition) is 6. The Bertz CT molecular complexity index is 1080. The van der Waals surface area contributed by atoms with Gasteiger partial charge in [0.15, 0.2) is 0 Å². The molecule has 3 aromatic rings. The molecule has 27 heavy (non-hydrogen) atoms. The number of nitrogens with zero attached hydrogens (tertiary/aromatic N) is 2. The van der Waals surface area contributed by atoms with Gasteiger partial charge in [0.2, 0.25) is 5.91 Å². The molecule has 1 aromatic carbocycles. The van der Waals surface area contributed by atoms with Gasteiger partial charge in [-0.05, 0) is 35.9 Å². The number of methoxy groups -OCH3 is 1. The number of thiophene rings is 1. The summed E-state index contributed by atoms with van der Waals surface area (Å²) >= 11 is 2.83. The lowest BCUT2D eigenvalue weighted by atomic mass is 10.3. The highest BCUT2D eigenvalue weighted by atomic mass is 32.2. The zero-order valence-corrected chi connectivity index (χ0v) is 16.6. The van der Waals surface area contributed by atoms with Crippen LogP contribution in [0.25, 0.3) is 10.2 Å². The Labute approximate surface area is 163 Å². The Morgan fingerprint density at radius 2 is 2.07 bits per heavy atom. The molecule has 0 spiro atoms. The van der Waals surface area contributed by atoms with Gasteiger partial charge in [-0.2, -0.15) is 0 Å². The number of ether oxygens (including phenoxy) is 1. The number of rotatable bonds is 7. The molecule has 1 N–H and O–H groups in total. The minimum atomic E-state index is -0.518. The number of anilines is 1. The molecule has 0 saturated heterocycles. The number of carbonyl (C=O) groups is 1. The minimum absolute atomic E-state index is 0.138. The number of fused-ring (bicyclic) bond motifs is 1. The summed E-state index contributed by atoms with van der Waals surface area (Å²) in [7, 11) is 1.50. The molecule has 0 unspecified atom stereocenters. The zero-order chi connectivity index (χ0) is 19.4. The van der Waals surface area contributed by atoms with Gasteiger partial charge < -0.3 is 10.1 Å². The van der Waals surface area contributed by atoms with Crippen LogP contribution in [0.4, 0.5) is 5.69 Å². The van der Waals surface area contributed by atoms with E-state index in [0.29, 0.717) is 15.9 Å². The van der Waals surface area contributed by atoms with E-state index in [-0.39, 0.29) is 31.2 Å². The van der Waals surface area contributed by atoms with Crippen LogP contribution >= 0.6 is 23.1 Å². The van der Waals surface area contributed by atoms with Gasteiger partial charge in [-0.15, -0.1) is 23.1 Å². The van der Waals surface area contributed by atoms with E-state index in [1.54, 1.807) is 29.3 Å². The number of amides is 1.